The summed E-state index contributed by atoms with van der Waals surface area (Å²) in [7, 11) is 3.50. The van der Waals surface area contributed by atoms with Crippen LogP contribution >= 0.6 is 25.3 Å². The second-order valence-corrected chi connectivity index (χ2v) is 19.1. The standard InChI is InChI=1S/C37H70N2O7S2/c1-32(2,3)26-36(11,30(43)45-22-20-38-28(40)18-16-15-17-27(48)19-24-47)34(7,8)35(9,10)37(12,33(4,5)6)31(44)46-23-21-39(13,14)25-29(41)42/h27H,15-26H2,1-14H3,(H3-,38,40,41,42,47,48). The third kappa shape index (κ3) is 12.7. The molecule has 0 radical (unpaired) electrons. The molecule has 0 saturated heterocycles. The van der Waals surface area contributed by atoms with Crippen LogP contribution in [0.5, 0.6) is 0 Å². The number of carboxylic acids is 1. The summed E-state index contributed by atoms with van der Waals surface area (Å²) in [6.07, 6.45) is 4.48. The Morgan fingerprint density at radius 3 is 1.81 bits per heavy atom. The Hall–Kier alpha value is -1.46. The molecule has 0 fully saturated rings. The molecule has 3 unspecified atom stereocenters. The Bertz CT molecular complexity index is 1080. The van der Waals surface area contributed by atoms with E-state index in [9.17, 15) is 24.3 Å². The number of rotatable bonds is 21. The van der Waals surface area contributed by atoms with Gasteiger partial charge < -0.3 is 29.2 Å². The molecular formula is C37H70N2O7S2. The van der Waals surface area contributed by atoms with Gasteiger partial charge in [-0.1, -0.05) is 75.7 Å². The van der Waals surface area contributed by atoms with E-state index in [1.807, 2.05) is 62.3 Å². The van der Waals surface area contributed by atoms with E-state index >= 15 is 0 Å². The van der Waals surface area contributed by atoms with Crippen LogP contribution in [0.15, 0.2) is 0 Å². The topological polar surface area (TPSA) is 122 Å². The fraction of sp³-hybridized carbons (Fsp3) is 0.892. The van der Waals surface area contributed by atoms with Gasteiger partial charge in [0, 0.05) is 11.7 Å². The van der Waals surface area contributed by atoms with E-state index in [1.165, 1.54) is 0 Å². The molecule has 0 saturated carbocycles. The molecule has 0 aliphatic heterocycles. The van der Waals surface area contributed by atoms with Gasteiger partial charge in [0.25, 0.3) is 0 Å². The number of esters is 2. The number of amides is 1. The van der Waals surface area contributed by atoms with Crippen molar-refractivity contribution in [3.63, 3.8) is 0 Å². The van der Waals surface area contributed by atoms with Crippen molar-refractivity contribution >= 4 is 49.1 Å². The number of carboxylic acid groups (broad SMARTS) is 1. The minimum Gasteiger partial charge on any atom is -0.544 e. The molecule has 0 aliphatic carbocycles. The number of nitrogens with zero attached hydrogens (tertiary/aromatic N) is 1. The highest BCUT2D eigenvalue weighted by molar-refractivity contribution is 7.81. The quantitative estimate of drug-likeness (QED) is 0.0599. The molecule has 0 bridgehead atoms. The molecule has 3 atom stereocenters. The van der Waals surface area contributed by atoms with E-state index in [1.54, 1.807) is 14.1 Å². The van der Waals surface area contributed by atoms with Gasteiger partial charge in [0.05, 0.1) is 37.4 Å². The van der Waals surface area contributed by atoms with E-state index in [0.717, 1.165) is 31.4 Å². The molecule has 0 aromatic carbocycles. The number of likely N-dealkylation sites (N-methyl/N-ethyl adjacent to an activating group) is 1. The van der Waals surface area contributed by atoms with Crippen LogP contribution < -0.4 is 10.4 Å². The molecule has 282 valence electrons. The highest BCUT2D eigenvalue weighted by atomic mass is 32.1. The van der Waals surface area contributed by atoms with E-state index in [4.69, 9.17) is 9.47 Å². The first kappa shape index (κ1) is 46.5. The highest BCUT2D eigenvalue weighted by Crippen LogP contribution is 2.66. The van der Waals surface area contributed by atoms with Crippen molar-refractivity contribution < 1.29 is 38.2 Å². The van der Waals surface area contributed by atoms with Gasteiger partial charge in [-0.3, -0.25) is 14.4 Å². The molecular weight excluding hydrogens is 649 g/mol. The zero-order valence-electron chi connectivity index (χ0n) is 32.8. The Morgan fingerprint density at radius 1 is 0.792 bits per heavy atom. The van der Waals surface area contributed by atoms with Crippen molar-refractivity contribution in [2.75, 3.05) is 52.7 Å². The smallest absolute Gasteiger partial charge is 0.313 e. The SMILES string of the molecule is CC(C)(C)CC(C)(C(=O)OCCNC(=O)CCCCC(S)CCS)C(C)(C)C(C)(C)C(C)(C(=O)OCC[N+](C)(C)CC(=O)[O-])C(C)(C)C. The monoisotopic (exact) mass is 718 g/mol. The van der Waals surface area contributed by atoms with Crippen molar-refractivity contribution in [1.29, 1.82) is 0 Å². The van der Waals surface area contributed by atoms with Crippen molar-refractivity contribution in [3.8, 4) is 0 Å². The number of hydrogen-bond acceptors (Lipinski definition) is 9. The Morgan fingerprint density at radius 2 is 1.33 bits per heavy atom. The predicted molar refractivity (Wildman–Crippen MR) is 199 cm³/mol. The van der Waals surface area contributed by atoms with Gasteiger partial charge in [-0.2, -0.15) is 25.3 Å². The molecule has 0 spiro atoms. The first-order chi connectivity index (χ1) is 21.5. The van der Waals surface area contributed by atoms with E-state index in [0.29, 0.717) is 24.6 Å². The fourth-order valence-electron chi connectivity index (χ4n) is 6.92. The number of aliphatic carboxylic acids is 1. The predicted octanol–water partition coefficient (Wildman–Crippen LogP) is 5.74. The Balaban J connectivity index is 6.06. The first-order valence-corrected chi connectivity index (χ1v) is 18.6. The molecule has 0 heterocycles. The summed E-state index contributed by atoms with van der Waals surface area (Å²) in [4.78, 5) is 52.0. The third-order valence-electron chi connectivity index (χ3n) is 11.2. The molecule has 0 aromatic heterocycles. The van der Waals surface area contributed by atoms with Gasteiger partial charge in [0.1, 0.15) is 26.3 Å². The number of nitrogens with one attached hydrogen (secondary N) is 1. The average Bonchev–Trinajstić information content (AvgIpc) is 2.90. The maximum Gasteiger partial charge on any atom is 0.313 e. The number of unbranched alkanes of at least 4 members (excludes halogenated alkanes) is 1. The number of carbonyl (C=O) groups is 4. The van der Waals surface area contributed by atoms with Crippen LogP contribution in [-0.2, 0) is 28.7 Å². The lowest BCUT2D eigenvalue weighted by Gasteiger charge is -2.62. The van der Waals surface area contributed by atoms with Crippen molar-refractivity contribution in [3.05, 3.63) is 0 Å². The lowest BCUT2D eigenvalue weighted by atomic mass is 9.41. The van der Waals surface area contributed by atoms with Crippen LogP contribution in [-0.4, -0.2) is 86.2 Å². The van der Waals surface area contributed by atoms with E-state index in [-0.39, 0.29) is 48.1 Å². The normalized spacial score (nSPS) is 16.3. The van der Waals surface area contributed by atoms with Gasteiger partial charge in [0.15, 0.2) is 0 Å². The Kier molecular flexibility index (Phi) is 17.6. The largest absolute Gasteiger partial charge is 0.544 e. The summed E-state index contributed by atoms with van der Waals surface area (Å²) in [6, 6.07) is 0. The Labute approximate surface area is 303 Å². The van der Waals surface area contributed by atoms with Gasteiger partial charge >= 0.3 is 11.9 Å². The lowest BCUT2D eigenvalue weighted by molar-refractivity contribution is -0.884. The van der Waals surface area contributed by atoms with Crippen LogP contribution in [0.3, 0.4) is 0 Å². The zero-order chi connectivity index (χ0) is 38.0. The number of carbonyl (C=O) groups excluding carboxylic acids is 4. The molecule has 0 aliphatic rings. The molecule has 11 heteroatoms. The van der Waals surface area contributed by atoms with Crippen molar-refractivity contribution in [2.24, 2.45) is 32.5 Å². The molecule has 1 amide bonds. The van der Waals surface area contributed by atoms with Gasteiger partial charge in [-0.25, -0.2) is 0 Å². The molecule has 9 nitrogen and oxygen atoms in total. The summed E-state index contributed by atoms with van der Waals surface area (Å²) in [5, 5.41) is 14.4. The van der Waals surface area contributed by atoms with E-state index < -0.39 is 39.0 Å². The lowest BCUT2D eigenvalue weighted by Crippen LogP contribution is -2.63. The summed E-state index contributed by atoms with van der Waals surface area (Å²) in [6.45, 7) is 24.6. The molecule has 1 N–H and O–H groups in total. The number of quaternary nitrogens is 1. The van der Waals surface area contributed by atoms with Crippen LogP contribution in [0, 0.1) is 32.5 Å². The average molecular weight is 719 g/mol. The van der Waals surface area contributed by atoms with Crippen LogP contribution in [0.1, 0.15) is 122 Å². The fourth-order valence-corrected chi connectivity index (χ4v) is 7.75. The maximum absolute atomic E-state index is 14.2. The van der Waals surface area contributed by atoms with Gasteiger partial charge in [-0.05, 0) is 66.9 Å². The molecule has 0 aromatic rings. The summed E-state index contributed by atoms with van der Waals surface area (Å²) in [5.74, 6) is -1.22. The van der Waals surface area contributed by atoms with Crippen LogP contribution in [0.4, 0.5) is 0 Å². The number of ether oxygens (including phenoxy) is 2. The van der Waals surface area contributed by atoms with Crippen molar-refractivity contribution in [2.45, 2.75) is 127 Å². The third-order valence-corrected chi connectivity index (χ3v) is 12.0. The van der Waals surface area contributed by atoms with Gasteiger partial charge in [-0.15, -0.1) is 0 Å². The first-order valence-electron chi connectivity index (χ1n) is 17.4. The van der Waals surface area contributed by atoms with Gasteiger partial charge in [0.2, 0.25) is 5.91 Å². The van der Waals surface area contributed by atoms with Crippen molar-refractivity contribution in [1.82, 2.24) is 5.32 Å². The van der Waals surface area contributed by atoms with Crippen LogP contribution in [0.2, 0.25) is 0 Å². The number of thiol groups is 2. The number of hydrogen-bond donors (Lipinski definition) is 3. The molecule has 48 heavy (non-hydrogen) atoms. The second-order valence-electron chi connectivity index (χ2n) is 17.9. The minimum atomic E-state index is -1.17. The zero-order valence-corrected chi connectivity index (χ0v) is 34.6. The summed E-state index contributed by atoms with van der Waals surface area (Å²) >= 11 is 8.78. The summed E-state index contributed by atoms with van der Waals surface area (Å²) < 4.78 is 12.0. The van der Waals surface area contributed by atoms with Crippen LogP contribution in [0.25, 0.3) is 0 Å². The highest BCUT2D eigenvalue weighted by Gasteiger charge is 2.67. The van der Waals surface area contributed by atoms with E-state index in [2.05, 4.69) is 51.3 Å². The summed E-state index contributed by atoms with van der Waals surface area (Å²) in [5.41, 5.74) is -4.59. The minimum absolute atomic E-state index is 0.0416. The second kappa shape index (κ2) is 18.2. The molecule has 0 rings (SSSR count). The maximum atomic E-state index is 14.2.